The van der Waals surface area contributed by atoms with Gasteiger partial charge in [-0.25, -0.2) is 4.98 Å². The Kier molecular flexibility index (Phi) is 4.75. The highest BCUT2D eigenvalue weighted by Gasteiger charge is 2.31. The van der Waals surface area contributed by atoms with E-state index in [4.69, 9.17) is 0 Å². The molecule has 0 atom stereocenters. The van der Waals surface area contributed by atoms with E-state index in [-0.39, 0.29) is 23.2 Å². The van der Waals surface area contributed by atoms with Crippen molar-refractivity contribution in [1.82, 2.24) is 14.5 Å². The molecule has 8 nitrogen and oxygen atoms in total. The second-order valence-corrected chi connectivity index (χ2v) is 8.96. The van der Waals surface area contributed by atoms with Crippen molar-refractivity contribution >= 4 is 38.7 Å². The molecule has 5 rings (SSSR count). The molecule has 0 saturated heterocycles. The smallest absolute Gasteiger partial charge is 0.285 e. The van der Waals surface area contributed by atoms with Crippen LogP contribution >= 0.6 is 0 Å². The number of para-hydroxylation sites is 3. The summed E-state index contributed by atoms with van der Waals surface area (Å²) in [6, 6.07) is 23.8. The third kappa shape index (κ3) is 3.42. The molecule has 0 spiro atoms. The lowest BCUT2D eigenvalue weighted by atomic mass is 10.2. The van der Waals surface area contributed by atoms with Crippen LogP contribution in [0.3, 0.4) is 0 Å². The Labute approximate surface area is 184 Å². The number of rotatable bonds is 4. The number of anilines is 1. The number of hydrogen-bond donors (Lipinski definition) is 1. The zero-order chi connectivity index (χ0) is 22.3. The normalized spacial score (nSPS) is 14.1. The van der Waals surface area contributed by atoms with Gasteiger partial charge in [0.25, 0.3) is 10.0 Å². The van der Waals surface area contributed by atoms with Gasteiger partial charge >= 0.3 is 0 Å². The Balaban J connectivity index is 1.43. The topological polar surface area (TPSA) is 96.7 Å². The number of imidazole rings is 1. The van der Waals surface area contributed by atoms with Crippen molar-refractivity contribution in [3.05, 3.63) is 84.4 Å². The Bertz CT molecular complexity index is 1480. The van der Waals surface area contributed by atoms with Crippen LogP contribution in [0.4, 0.5) is 5.95 Å². The molecule has 0 bridgehead atoms. The molecule has 2 heterocycles. The summed E-state index contributed by atoms with van der Waals surface area (Å²) < 4.78 is 30.4. The van der Waals surface area contributed by atoms with Crippen LogP contribution in [-0.2, 0) is 14.8 Å². The van der Waals surface area contributed by atoms with Crippen molar-refractivity contribution in [2.75, 3.05) is 18.9 Å². The number of sulfonamides is 1. The van der Waals surface area contributed by atoms with Crippen LogP contribution in [0.25, 0.3) is 16.7 Å². The number of carbonyl (C=O) groups is 1. The monoisotopic (exact) mass is 445 g/mol. The van der Waals surface area contributed by atoms with Crippen LogP contribution in [-0.4, -0.2) is 48.2 Å². The van der Waals surface area contributed by atoms with E-state index >= 15 is 0 Å². The van der Waals surface area contributed by atoms with E-state index in [2.05, 4.69) is 14.7 Å². The molecule has 1 N–H and O–H groups in total. The molecule has 1 amide bonds. The first-order chi connectivity index (χ1) is 15.4. The van der Waals surface area contributed by atoms with Crippen LogP contribution in [0, 0.1) is 0 Å². The van der Waals surface area contributed by atoms with Crippen LogP contribution in [0.5, 0.6) is 0 Å². The van der Waals surface area contributed by atoms with Gasteiger partial charge in [-0.3, -0.25) is 14.7 Å². The van der Waals surface area contributed by atoms with Gasteiger partial charge in [0, 0.05) is 18.3 Å². The fraction of sp³-hybridized carbons (Fsp3) is 0.0870. The number of fused-ring (bicyclic) bond motifs is 2. The molecule has 0 fully saturated rings. The van der Waals surface area contributed by atoms with E-state index in [0.717, 1.165) is 16.7 Å². The Morgan fingerprint density at radius 3 is 2.47 bits per heavy atom. The Morgan fingerprint density at radius 2 is 1.66 bits per heavy atom. The summed E-state index contributed by atoms with van der Waals surface area (Å²) in [5, 5.41) is 2.86. The maximum absolute atomic E-state index is 12.9. The fourth-order valence-electron chi connectivity index (χ4n) is 3.77. The SMILES string of the molecule is CN(CC(=O)Nc1nc2ccccc2n1-c1ccccc1)C1=NS(=O)(=O)c2ccccc21. The average molecular weight is 446 g/mol. The number of nitrogens with zero attached hydrogens (tertiary/aromatic N) is 4. The van der Waals surface area contributed by atoms with Crippen LogP contribution in [0.15, 0.2) is 88.2 Å². The second-order valence-electron chi connectivity index (χ2n) is 7.39. The van der Waals surface area contributed by atoms with Crippen molar-refractivity contribution in [3.8, 4) is 5.69 Å². The molecular weight excluding hydrogens is 426 g/mol. The molecule has 0 radical (unpaired) electrons. The van der Waals surface area contributed by atoms with Crippen LogP contribution < -0.4 is 5.32 Å². The fourth-order valence-corrected chi connectivity index (χ4v) is 5.02. The summed E-state index contributed by atoms with van der Waals surface area (Å²) in [6.45, 7) is -0.0965. The first kappa shape index (κ1) is 20.0. The Hall–Kier alpha value is -3.98. The summed E-state index contributed by atoms with van der Waals surface area (Å²) in [5.74, 6) is 0.286. The van der Waals surface area contributed by atoms with Crippen molar-refractivity contribution in [2.45, 2.75) is 4.90 Å². The van der Waals surface area contributed by atoms with Gasteiger partial charge in [0.15, 0.2) is 5.84 Å². The van der Waals surface area contributed by atoms with Gasteiger partial charge in [0.2, 0.25) is 11.9 Å². The number of amidine groups is 1. The van der Waals surface area contributed by atoms with E-state index in [1.165, 1.54) is 11.0 Å². The van der Waals surface area contributed by atoms with Gasteiger partial charge in [-0.05, 0) is 36.4 Å². The number of hydrogen-bond acceptors (Lipinski definition) is 5. The van der Waals surface area contributed by atoms with E-state index in [9.17, 15) is 13.2 Å². The van der Waals surface area contributed by atoms with Gasteiger partial charge in [-0.15, -0.1) is 4.40 Å². The highest BCUT2D eigenvalue weighted by molar-refractivity contribution is 7.90. The van der Waals surface area contributed by atoms with Crippen LogP contribution in [0.1, 0.15) is 5.56 Å². The van der Waals surface area contributed by atoms with E-state index in [1.807, 2.05) is 59.2 Å². The molecule has 160 valence electrons. The van der Waals surface area contributed by atoms with Gasteiger partial charge in [0.1, 0.15) is 4.90 Å². The van der Waals surface area contributed by atoms with Crippen molar-refractivity contribution < 1.29 is 13.2 Å². The third-order valence-corrected chi connectivity index (χ3v) is 6.51. The third-order valence-electron chi connectivity index (χ3n) is 5.18. The molecule has 3 aromatic carbocycles. The summed E-state index contributed by atoms with van der Waals surface area (Å²) in [4.78, 5) is 19.2. The van der Waals surface area contributed by atoms with Crippen molar-refractivity contribution in [2.24, 2.45) is 4.40 Å². The van der Waals surface area contributed by atoms with Gasteiger partial charge in [-0.1, -0.05) is 42.5 Å². The molecule has 1 aliphatic heterocycles. The second kappa shape index (κ2) is 7.61. The minimum atomic E-state index is -3.76. The number of likely N-dealkylation sites (N-methyl/N-ethyl adjacent to an activating group) is 1. The number of benzene rings is 3. The van der Waals surface area contributed by atoms with Crippen molar-refractivity contribution in [3.63, 3.8) is 0 Å². The summed E-state index contributed by atoms with van der Waals surface area (Å²) >= 11 is 0. The number of carbonyl (C=O) groups excluding carboxylic acids is 1. The minimum absolute atomic E-state index is 0.0965. The predicted octanol–water partition coefficient (Wildman–Crippen LogP) is 3.04. The van der Waals surface area contributed by atoms with Crippen molar-refractivity contribution in [1.29, 1.82) is 0 Å². The number of amides is 1. The quantitative estimate of drug-likeness (QED) is 0.521. The molecule has 0 unspecified atom stereocenters. The molecule has 0 saturated carbocycles. The van der Waals surface area contributed by atoms with Gasteiger partial charge in [0.05, 0.1) is 17.6 Å². The molecule has 1 aliphatic rings. The summed E-state index contributed by atoms with van der Waals surface area (Å²) in [7, 11) is -2.12. The zero-order valence-electron chi connectivity index (χ0n) is 17.1. The zero-order valence-corrected chi connectivity index (χ0v) is 18.0. The van der Waals surface area contributed by atoms with Crippen LogP contribution in [0.2, 0.25) is 0 Å². The maximum atomic E-state index is 12.9. The number of nitrogens with one attached hydrogen (secondary N) is 1. The van der Waals surface area contributed by atoms with E-state index in [0.29, 0.717) is 11.5 Å². The van der Waals surface area contributed by atoms with E-state index in [1.54, 1.807) is 25.2 Å². The summed E-state index contributed by atoms with van der Waals surface area (Å²) in [5.41, 5.74) is 2.96. The molecule has 1 aromatic heterocycles. The molecule has 0 aliphatic carbocycles. The molecular formula is C23H19N5O3S. The molecule has 4 aromatic rings. The summed E-state index contributed by atoms with van der Waals surface area (Å²) in [6.07, 6.45) is 0. The average Bonchev–Trinajstić information content (AvgIpc) is 3.28. The predicted molar refractivity (Wildman–Crippen MR) is 122 cm³/mol. The highest BCUT2D eigenvalue weighted by atomic mass is 32.2. The van der Waals surface area contributed by atoms with Gasteiger partial charge < -0.3 is 4.90 Å². The lowest BCUT2D eigenvalue weighted by Gasteiger charge is -2.18. The van der Waals surface area contributed by atoms with Gasteiger partial charge in [-0.2, -0.15) is 8.42 Å². The first-order valence-corrected chi connectivity index (χ1v) is 11.4. The first-order valence-electron chi connectivity index (χ1n) is 9.92. The molecule has 9 heteroatoms. The highest BCUT2D eigenvalue weighted by Crippen LogP contribution is 2.27. The lowest BCUT2D eigenvalue weighted by Crippen LogP contribution is -2.35. The standard InChI is InChI=1S/C23H19N5O3S/c1-27(22-17-11-5-8-14-20(17)32(30,31)26-22)15-21(29)25-23-24-18-12-6-7-13-19(18)28(23)16-9-3-2-4-10-16/h2-14H,15H2,1H3,(H,24,25,29). The van der Waals surface area contributed by atoms with E-state index < -0.39 is 10.0 Å². The largest absolute Gasteiger partial charge is 0.349 e. The minimum Gasteiger partial charge on any atom is -0.349 e. The maximum Gasteiger partial charge on any atom is 0.285 e. The number of aromatic nitrogens is 2. The molecule has 32 heavy (non-hydrogen) atoms. The lowest BCUT2D eigenvalue weighted by molar-refractivity contribution is -0.116. The Morgan fingerprint density at radius 1 is 0.969 bits per heavy atom.